The van der Waals surface area contributed by atoms with Crippen molar-refractivity contribution in [3.63, 3.8) is 0 Å². The predicted octanol–water partition coefficient (Wildman–Crippen LogP) is 2.00. The van der Waals surface area contributed by atoms with Crippen LogP contribution < -0.4 is 25.4 Å². The van der Waals surface area contributed by atoms with Crippen LogP contribution in [0.1, 0.15) is 37.8 Å². The van der Waals surface area contributed by atoms with E-state index in [0.29, 0.717) is 43.0 Å². The minimum atomic E-state index is -1.98. The van der Waals surface area contributed by atoms with Gasteiger partial charge in [-0.25, -0.2) is 4.79 Å². The number of carboxylic acid groups (broad SMARTS) is 1. The van der Waals surface area contributed by atoms with Crippen molar-refractivity contribution in [1.29, 1.82) is 0 Å². The summed E-state index contributed by atoms with van der Waals surface area (Å²) in [5.74, 6) is -3.76. The van der Waals surface area contributed by atoms with E-state index < -0.39 is 65.1 Å². The van der Waals surface area contributed by atoms with Crippen molar-refractivity contribution in [1.82, 2.24) is 4.98 Å². The minimum Gasteiger partial charge on any atom is -0.504 e. The van der Waals surface area contributed by atoms with Gasteiger partial charge in [-0.15, -0.1) is 0 Å². The van der Waals surface area contributed by atoms with Gasteiger partial charge in [0.15, 0.2) is 23.0 Å². The number of anilines is 1. The first-order valence-electron chi connectivity index (χ1n) is 15.4. The lowest BCUT2D eigenvalue weighted by atomic mass is 9.94. The second-order valence-corrected chi connectivity index (χ2v) is 11.9. The number of fused-ring (bicyclic) bond motifs is 1. The fraction of sp³-hybridized carbons (Fsp3) is 0.394. The van der Waals surface area contributed by atoms with Crippen LogP contribution in [0.2, 0.25) is 0 Å². The van der Waals surface area contributed by atoms with Gasteiger partial charge in [-0.2, -0.15) is 0 Å². The summed E-state index contributed by atoms with van der Waals surface area (Å²) >= 11 is 0. The van der Waals surface area contributed by atoms with Crippen molar-refractivity contribution in [3.05, 3.63) is 64.4 Å². The van der Waals surface area contributed by atoms with Crippen LogP contribution in [0.4, 0.5) is 5.82 Å². The molecular weight excluding hydrogens is 632 g/mol. The third-order valence-electron chi connectivity index (χ3n) is 8.44. The number of nitrogens with one attached hydrogen (secondary N) is 1. The van der Waals surface area contributed by atoms with Crippen molar-refractivity contribution in [2.45, 2.75) is 75.0 Å². The fourth-order valence-corrected chi connectivity index (χ4v) is 5.86. The fourth-order valence-electron chi connectivity index (χ4n) is 5.86. The molecule has 2 aliphatic rings. The molecule has 48 heavy (non-hydrogen) atoms. The van der Waals surface area contributed by atoms with Gasteiger partial charge in [-0.1, -0.05) is 6.42 Å². The van der Waals surface area contributed by atoms with Gasteiger partial charge in [0.05, 0.1) is 6.61 Å². The predicted molar refractivity (Wildman–Crippen MR) is 168 cm³/mol. The van der Waals surface area contributed by atoms with Gasteiger partial charge >= 0.3 is 5.97 Å². The largest absolute Gasteiger partial charge is 0.504 e. The number of aromatic nitrogens is 1. The number of benzene rings is 2. The van der Waals surface area contributed by atoms with Crippen LogP contribution in [-0.2, 0) is 16.0 Å². The summed E-state index contributed by atoms with van der Waals surface area (Å²) in [6.45, 7) is 0.383. The second-order valence-electron chi connectivity index (χ2n) is 11.9. The molecule has 15 heteroatoms. The van der Waals surface area contributed by atoms with E-state index in [1.165, 1.54) is 6.07 Å². The molecule has 15 nitrogen and oxygen atoms in total. The normalized spacial score (nSPS) is 23.9. The minimum absolute atomic E-state index is 0.115. The Morgan fingerprint density at radius 3 is 2.40 bits per heavy atom. The Morgan fingerprint density at radius 1 is 1.00 bits per heavy atom. The molecule has 0 unspecified atom stereocenters. The van der Waals surface area contributed by atoms with Gasteiger partial charge in [0, 0.05) is 42.7 Å². The topological polar surface area (TPSA) is 247 Å². The molecule has 0 spiro atoms. The molecule has 1 saturated heterocycles. The highest BCUT2D eigenvalue weighted by Crippen LogP contribution is 2.46. The van der Waals surface area contributed by atoms with Crippen LogP contribution in [0.3, 0.4) is 0 Å². The summed E-state index contributed by atoms with van der Waals surface area (Å²) in [6, 6.07) is 12.7. The molecule has 2 aromatic carbocycles. The SMILES string of the molecule is Nc1ccc(CCOc2ccc(-c3cc(=O)c4c(O)c(OC5(O)CCCCC5)c(O[C@@H]5O[C@H](C(=O)O)[C@@H](O)[C@@H](O)[C@H]5O)cc4o3)cc2)[nH]1. The van der Waals surface area contributed by atoms with Gasteiger partial charge < -0.3 is 64.7 Å². The average molecular weight is 669 g/mol. The molecular formula is C33H36N2O13. The third kappa shape index (κ3) is 6.77. The van der Waals surface area contributed by atoms with E-state index >= 15 is 0 Å². The van der Waals surface area contributed by atoms with Crippen molar-refractivity contribution in [2.24, 2.45) is 0 Å². The first-order valence-corrected chi connectivity index (χ1v) is 15.4. The Balaban J connectivity index is 1.33. The molecule has 9 N–H and O–H groups in total. The maximum absolute atomic E-state index is 13.4. The smallest absolute Gasteiger partial charge is 0.335 e. The first-order chi connectivity index (χ1) is 22.9. The Kier molecular flexibility index (Phi) is 9.22. The van der Waals surface area contributed by atoms with E-state index in [0.717, 1.165) is 18.2 Å². The quantitative estimate of drug-likeness (QED) is 0.113. The molecule has 256 valence electrons. The summed E-state index contributed by atoms with van der Waals surface area (Å²) in [4.78, 5) is 28.1. The van der Waals surface area contributed by atoms with Gasteiger partial charge in [0.2, 0.25) is 17.8 Å². The van der Waals surface area contributed by atoms with Gasteiger partial charge in [-0.05, 0) is 49.2 Å². The van der Waals surface area contributed by atoms with Crippen LogP contribution >= 0.6 is 0 Å². The zero-order valence-corrected chi connectivity index (χ0v) is 25.6. The van der Waals surface area contributed by atoms with Gasteiger partial charge in [-0.3, -0.25) is 4.79 Å². The summed E-state index contributed by atoms with van der Waals surface area (Å²) < 4.78 is 28.7. The molecule has 0 amide bonds. The number of H-pyrrole nitrogens is 1. The van der Waals surface area contributed by atoms with E-state index in [-0.39, 0.29) is 29.6 Å². The number of nitrogens with two attached hydrogens (primary N) is 1. The molecule has 0 bridgehead atoms. The van der Waals surface area contributed by atoms with E-state index in [9.17, 15) is 40.2 Å². The number of aliphatic hydroxyl groups excluding tert-OH is 3. The lowest BCUT2D eigenvalue weighted by Crippen LogP contribution is -2.61. The van der Waals surface area contributed by atoms with Gasteiger partial charge in [0.25, 0.3) is 0 Å². The number of aromatic hydroxyl groups is 1. The average Bonchev–Trinajstić information content (AvgIpc) is 3.47. The molecule has 2 fully saturated rings. The Labute approximate surface area is 272 Å². The van der Waals surface area contributed by atoms with Crippen LogP contribution in [-0.4, -0.2) is 84.7 Å². The van der Waals surface area contributed by atoms with Crippen LogP contribution in [0, 0.1) is 0 Å². The summed E-state index contributed by atoms with van der Waals surface area (Å²) in [5, 5.41) is 62.7. The van der Waals surface area contributed by atoms with E-state index in [1.807, 2.05) is 6.07 Å². The van der Waals surface area contributed by atoms with Crippen LogP contribution in [0.25, 0.3) is 22.3 Å². The summed E-state index contributed by atoms with van der Waals surface area (Å²) in [6.07, 6.45) is -6.67. The molecule has 5 atom stereocenters. The number of aliphatic carboxylic acids is 1. The number of nitrogen functional groups attached to an aromatic ring is 1. The molecule has 2 aromatic heterocycles. The second kappa shape index (κ2) is 13.4. The lowest BCUT2D eigenvalue weighted by molar-refractivity contribution is -0.271. The standard InChI is InChI=1S/C33H36N2O13/c34-23-9-6-17(35-23)10-13-44-18-7-4-16(5-8-18)20-14-19(36)24-21(45-20)15-22(29(25(24)37)48-33(43)11-2-1-3-12-33)46-32-28(40)26(38)27(39)30(47-32)31(41)42/h4-9,14-15,26-28,30,32,35,37-40,43H,1-3,10-13,34H2,(H,41,42)/t26-,27+,28-,30+,32-/m1/s1. The van der Waals surface area contributed by atoms with Crippen LogP contribution in [0.15, 0.2) is 57.7 Å². The maximum Gasteiger partial charge on any atom is 0.335 e. The Bertz CT molecular complexity index is 1830. The highest BCUT2D eigenvalue weighted by atomic mass is 16.7. The number of rotatable bonds is 10. The van der Waals surface area contributed by atoms with Crippen molar-refractivity contribution in [3.8, 4) is 34.3 Å². The number of phenolic OH excluding ortho intramolecular Hbond substituents is 1. The maximum atomic E-state index is 13.4. The van der Waals surface area contributed by atoms with E-state index in [1.54, 1.807) is 30.3 Å². The molecule has 1 aliphatic heterocycles. The highest BCUT2D eigenvalue weighted by Gasteiger charge is 2.48. The molecule has 6 rings (SSSR count). The monoisotopic (exact) mass is 668 g/mol. The summed E-state index contributed by atoms with van der Waals surface area (Å²) in [5.41, 5.74) is 6.28. The Morgan fingerprint density at radius 2 is 1.73 bits per heavy atom. The Hall–Kier alpha value is -4.80. The van der Waals surface area contributed by atoms with Gasteiger partial charge in [0.1, 0.15) is 46.6 Å². The number of carboxylic acids is 1. The first kappa shape index (κ1) is 33.1. The van der Waals surface area contributed by atoms with E-state index in [4.69, 9.17) is 29.1 Å². The zero-order chi connectivity index (χ0) is 34.2. The lowest BCUT2D eigenvalue weighted by Gasteiger charge is -2.39. The number of phenols is 1. The van der Waals surface area contributed by atoms with Crippen molar-refractivity contribution >= 4 is 22.8 Å². The number of hydrogen-bond acceptors (Lipinski definition) is 13. The number of ether oxygens (including phenoxy) is 4. The third-order valence-corrected chi connectivity index (χ3v) is 8.44. The number of aliphatic hydroxyl groups is 4. The molecule has 1 saturated carbocycles. The molecule has 4 aromatic rings. The molecule has 1 aliphatic carbocycles. The zero-order valence-electron chi connectivity index (χ0n) is 25.6. The number of carbonyl (C=O) groups is 1. The molecule has 3 heterocycles. The van der Waals surface area contributed by atoms with Crippen molar-refractivity contribution in [2.75, 3.05) is 12.3 Å². The number of aromatic amines is 1. The van der Waals surface area contributed by atoms with Crippen LogP contribution in [0.5, 0.6) is 23.0 Å². The highest BCUT2D eigenvalue weighted by molar-refractivity contribution is 5.89. The van der Waals surface area contributed by atoms with Crippen molar-refractivity contribution < 1.29 is 58.8 Å². The molecule has 0 radical (unpaired) electrons. The summed E-state index contributed by atoms with van der Waals surface area (Å²) in [7, 11) is 0. The van der Waals surface area contributed by atoms with E-state index in [2.05, 4.69) is 4.98 Å². The number of hydrogen-bond donors (Lipinski definition) is 8.